The molecule has 1 aromatic rings. The largest absolute Gasteiger partial charge is 0.359 e. The van der Waals surface area contributed by atoms with Crippen LogP contribution in [0.4, 0.5) is 5.13 Å². The number of hydrogen-bond donors (Lipinski definition) is 1. The Hall–Kier alpha value is -0.680. The molecule has 0 saturated carbocycles. The molecule has 0 aromatic carbocycles. The number of nitrogens with one attached hydrogen (secondary N) is 1. The van der Waals surface area contributed by atoms with Crippen LogP contribution in [0.15, 0.2) is 0 Å². The quantitative estimate of drug-likeness (QED) is 0.915. The van der Waals surface area contributed by atoms with Crippen LogP contribution in [0.25, 0.3) is 0 Å². The lowest BCUT2D eigenvalue weighted by atomic mass is 9.96. The van der Waals surface area contributed by atoms with Gasteiger partial charge < -0.3 is 10.2 Å². The summed E-state index contributed by atoms with van der Waals surface area (Å²) >= 11 is 1.48. The van der Waals surface area contributed by atoms with Crippen molar-refractivity contribution < 1.29 is 0 Å². The van der Waals surface area contributed by atoms with Crippen LogP contribution >= 0.6 is 11.5 Å². The van der Waals surface area contributed by atoms with E-state index in [-0.39, 0.29) is 5.41 Å². The Labute approximate surface area is 114 Å². The minimum absolute atomic E-state index is 0.0397. The van der Waals surface area contributed by atoms with Crippen molar-refractivity contribution >= 4 is 16.7 Å². The number of rotatable bonds is 3. The topological polar surface area (TPSA) is 41.0 Å². The van der Waals surface area contributed by atoms with Gasteiger partial charge in [0, 0.05) is 29.5 Å². The maximum atomic E-state index is 4.57. The Balaban J connectivity index is 1.88. The number of hydrogen-bond acceptors (Lipinski definition) is 5. The van der Waals surface area contributed by atoms with Gasteiger partial charge in [0.2, 0.25) is 5.13 Å². The summed E-state index contributed by atoms with van der Waals surface area (Å²) in [6.07, 6.45) is 3.97. The second-order valence-electron chi connectivity index (χ2n) is 6.18. The van der Waals surface area contributed by atoms with Gasteiger partial charge in [-0.25, -0.2) is 4.98 Å². The molecule has 18 heavy (non-hydrogen) atoms. The van der Waals surface area contributed by atoms with Crippen LogP contribution in [-0.2, 0) is 5.41 Å². The minimum Gasteiger partial charge on any atom is -0.359 e. The van der Waals surface area contributed by atoms with E-state index in [0.717, 1.165) is 17.5 Å². The minimum atomic E-state index is 0.0397. The molecule has 1 aliphatic heterocycles. The van der Waals surface area contributed by atoms with Crippen molar-refractivity contribution in [1.29, 1.82) is 0 Å². The molecule has 1 aliphatic rings. The Kier molecular flexibility index (Phi) is 4.22. The van der Waals surface area contributed by atoms with Gasteiger partial charge in [-0.2, -0.15) is 4.37 Å². The Bertz CT molecular complexity index is 383. The number of nitrogens with zero attached hydrogens (tertiary/aromatic N) is 3. The van der Waals surface area contributed by atoms with Gasteiger partial charge in [-0.15, -0.1) is 0 Å². The normalized spacial score (nSPS) is 22.1. The highest BCUT2D eigenvalue weighted by atomic mass is 32.1. The smallest absolute Gasteiger partial charge is 0.202 e. The van der Waals surface area contributed by atoms with Gasteiger partial charge in [-0.1, -0.05) is 27.2 Å². The fraction of sp³-hybridized carbons (Fsp3) is 0.846. The average Bonchev–Trinajstić information content (AvgIpc) is 2.76. The van der Waals surface area contributed by atoms with Crippen molar-refractivity contribution in [3.05, 3.63) is 5.82 Å². The van der Waals surface area contributed by atoms with Crippen LogP contribution in [0.2, 0.25) is 0 Å². The van der Waals surface area contributed by atoms with Gasteiger partial charge in [-0.05, 0) is 26.4 Å². The number of likely N-dealkylation sites (tertiary alicyclic amines) is 1. The van der Waals surface area contributed by atoms with Crippen molar-refractivity contribution in [1.82, 2.24) is 14.3 Å². The molecule has 0 spiro atoms. The van der Waals surface area contributed by atoms with Gasteiger partial charge in [0.15, 0.2) is 0 Å². The number of piperidine rings is 1. The molecule has 1 saturated heterocycles. The van der Waals surface area contributed by atoms with Crippen molar-refractivity contribution in [2.24, 2.45) is 0 Å². The molecule has 1 N–H and O–H groups in total. The van der Waals surface area contributed by atoms with Gasteiger partial charge in [0.05, 0.1) is 0 Å². The molecule has 1 atom stereocenters. The first-order valence-electron chi connectivity index (χ1n) is 6.75. The molecule has 2 rings (SSSR count). The summed E-state index contributed by atoms with van der Waals surface area (Å²) < 4.78 is 4.42. The molecule has 2 heterocycles. The molecular formula is C13H24N4S. The summed E-state index contributed by atoms with van der Waals surface area (Å²) in [6, 6.07) is 0.640. The molecule has 1 unspecified atom stereocenters. The second kappa shape index (κ2) is 5.53. The predicted octanol–water partition coefficient (Wildman–Crippen LogP) is 2.73. The lowest BCUT2D eigenvalue weighted by Crippen LogP contribution is -2.40. The Morgan fingerprint density at radius 3 is 2.78 bits per heavy atom. The molecule has 0 bridgehead atoms. The summed E-state index contributed by atoms with van der Waals surface area (Å²) in [5, 5.41) is 4.40. The third kappa shape index (κ3) is 3.42. The lowest BCUT2D eigenvalue weighted by molar-refractivity contribution is 0.194. The zero-order valence-electron chi connectivity index (χ0n) is 11.9. The van der Waals surface area contributed by atoms with Crippen LogP contribution in [-0.4, -0.2) is 40.4 Å². The van der Waals surface area contributed by atoms with Crippen LogP contribution in [0.3, 0.4) is 0 Å². The number of anilines is 1. The first-order valence-corrected chi connectivity index (χ1v) is 7.52. The van der Waals surface area contributed by atoms with Gasteiger partial charge >= 0.3 is 0 Å². The third-order valence-electron chi connectivity index (χ3n) is 3.51. The highest BCUT2D eigenvalue weighted by molar-refractivity contribution is 7.09. The van der Waals surface area contributed by atoms with E-state index < -0.39 is 0 Å². The van der Waals surface area contributed by atoms with E-state index in [9.17, 15) is 0 Å². The van der Waals surface area contributed by atoms with Crippen LogP contribution in [0, 0.1) is 0 Å². The maximum Gasteiger partial charge on any atom is 0.202 e. The van der Waals surface area contributed by atoms with E-state index in [1.165, 1.54) is 37.3 Å². The number of likely N-dealkylation sites (N-methyl/N-ethyl adjacent to an activating group) is 1. The zero-order chi connectivity index (χ0) is 13.2. The van der Waals surface area contributed by atoms with Crippen LogP contribution < -0.4 is 5.32 Å². The summed E-state index contributed by atoms with van der Waals surface area (Å²) in [5.74, 6) is 0.937. The molecule has 0 radical (unpaired) electrons. The average molecular weight is 268 g/mol. The Morgan fingerprint density at radius 1 is 1.39 bits per heavy atom. The fourth-order valence-corrected chi connectivity index (χ4v) is 2.97. The Morgan fingerprint density at radius 2 is 2.17 bits per heavy atom. The maximum absolute atomic E-state index is 4.57. The SMILES string of the molecule is CN1CCCCC1CNc1nc(C(C)(C)C)ns1. The molecule has 0 amide bonds. The van der Waals surface area contributed by atoms with Crippen molar-refractivity contribution in [2.75, 3.05) is 25.5 Å². The molecule has 1 fully saturated rings. The summed E-state index contributed by atoms with van der Waals surface area (Å²) in [5.41, 5.74) is 0.0397. The molecule has 0 aliphatic carbocycles. The standard InChI is InChI=1S/C13H24N4S/c1-13(2,3)11-15-12(18-16-11)14-9-10-7-5-6-8-17(10)4/h10H,5-9H2,1-4H3,(H,14,15,16). The highest BCUT2D eigenvalue weighted by Gasteiger charge is 2.21. The molecule has 4 nitrogen and oxygen atoms in total. The number of aromatic nitrogens is 2. The first kappa shape index (κ1) is 13.7. The molecule has 102 valence electrons. The zero-order valence-corrected chi connectivity index (χ0v) is 12.7. The van der Waals surface area contributed by atoms with Gasteiger partial charge in [-0.3, -0.25) is 0 Å². The van der Waals surface area contributed by atoms with E-state index >= 15 is 0 Å². The van der Waals surface area contributed by atoms with Crippen molar-refractivity contribution in [2.45, 2.75) is 51.5 Å². The van der Waals surface area contributed by atoms with Crippen molar-refractivity contribution in [3.8, 4) is 0 Å². The summed E-state index contributed by atoms with van der Waals surface area (Å²) in [7, 11) is 2.21. The van der Waals surface area contributed by atoms with Crippen LogP contribution in [0.1, 0.15) is 45.9 Å². The molecular weight excluding hydrogens is 244 g/mol. The van der Waals surface area contributed by atoms with E-state index in [0.29, 0.717) is 6.04 Å². The predicted molar refractivity (Wildman–Crippen MR) is 77.4 cm³/mol. The third-order valence-corrected chi connectivity index (χ3v) is 4.18. The van der Waals surface area contributed by atoms with E-state index in [4.69, 9.17) is 0 Å². The lowest BCUT2D eigenvalue weighted by Gasteiger charge is -2.32. The van der Waals surface area contributed by atoms with Gasteiger partial charge in [0.1, 0.15) is 5.82 Å². The van der Waals surface area contributed by atoms with E-state index in [2.05, 4.69) is 47.4 Å². The fourth-order valence-electron chi connectivity index (χ4n) is 2.21. The van der Waals surface area contributed by atoms with E-state index in [1.807, 2.05) is 0 Å². The highest BCUT2D eigenvalue weighted by Crippen LogP contribution is 2.23. The molecule has 1 aromatic heterocycles. The van der Waals surface area contributed by atoms with Crippen LogP contribution in [0.5, 0.6) is 0 Å². The second-order valence-corrected chi connectivity index (χ2v) is 6.94. The first-order chi connectivity index (χ1) is 8.47. The van der Waals surface area contributed by atoms with E-state index in [1.54, 1.807) is 0 Å². The van der Waals surface area contributed by atoms with Crippen molar-refractivity contribution in [3.63, 3.8) is 0 Å². The summed E-state index contributed by atoms with van der Waals surface area (Å²) in [4.78, 5) is 7.02. The molecule has 5 heteroatoms. The monoisotopic (exact) mass is 268 g/mol. The van der Waals surface area contributed by atoms with Gasteiger partial charge in [0.25, 0.3) is 0 Å². The summed E-state index contributed by atoms with van der Waals surface area (Å²) in [6.45, 7) is 8.64.